The van der Waals surface area contributed by atoms with Crippen LogP contribution < -0.4 is 14.2 Å². The monoisotopic (exact) mass is 412 g/mol. The van der Waals surface area contributed by atoms with Gasteiger partial charge >= 0.3 is 5.97 Å². The quantitative estimate of drug-likeness (QED) is 0.399. The number of methoxy groups -OCH3 is 1. The summed E-state index contributed by atoms with van der Waals surface area (Å²) < 4.78 is 16.8. The first-order chi connectivity index (χ1) is 14.6. The van der Waals surface area contributed by atoms with Crippen LogP contribution in [0, 0.1) is 0 Å². The predicted molar refractivity (Wildman–Crippen MR) is 120 cm³/mol. The number of carboxylic acid groups (broad SMARTS) is 1. The van der Waals surface area contributed by atoms with Crippen LogP contribution in [0.1, 0.15) is 50.2 Å². The van der Waals surface area contributed by atoms with Gasteiger partial charge in [-0.3, -0.25) is 4.79 Å². The Hall–Kier alpha value is -2.95. The number of aryl methyl sites for hydroxylation is 1. The summed E-state index contributed by atoms with van der Waals surface area (Å²) in [7, 11) is 1.66. The van der Waals surface area contributed by atoms with E-state index in [0.717, 1.165) is 54.1 Å². The topological polar surface area (TPSA) is 65.0 Å². The van der Waals surface area contributed by atoms with Crippen LogP contribution in [-0.4, -0.2) is 31.4 Å². The highest BCUT2D eigenvalue weighted by atomic mass is 16.5. The summed E-state index contributed by atoms with van der Waals surface area (Å²) >= 11 is 0. The molecule has 162 valence electrons. The van der Waals surface area contributed by atoms with Crippen molar-refractivity contribution in [2.75, 3.05) is 20.3 Å². The molecule has 30 heavy (non-hydrogen) atoms. The molecule has 2 aromatic carbocycles. The maximum atomic E-state index is 11.0. The Morgan fingerprint density at radius 2 is 1.77 bits per heavy atom. The standard InChI is InChI=1S/C25H32O5/c1-3-17-29-23-14-15-24(21(19-23)11-16-25(26)27)30-18-7-5-4-6-8-20-9-12-22(28-2)13-10-20/h6,8-10,12-15,19H,3-5,7,11,16-18H2,1-2H3,(H,26,27). The molecular formula is C25H32O5. The highest BCUT2D eigenvalue weighted by Crippen LogP contribution is 2.26. The number of hydrogen-bond acceptors (Lipinski definition) is 4. The lowest BCUT2D eigenvalue weighted by Gasteiger charge is -2.13. The number of allylic oxidation sites excluding steroid dienone is 1. The maximum absolute atomic E-state index is 11.0. The van der Waals surface area contributed by atoms with E-state index in [1.54, 1.807) is 7.11 Å². The van der Waals surface area contributed by atoms with Crippen molar-refractivity contribution in [1.29, 1.82) is 0 Å². The van der Waals surface area contributed by atoms with Crippen LogP contribution in [0.4, 0.5) is 0 Å². The summed E-state index contributed by atoms with van der Waals surface area (Å²) in [4.78, 5) is 11.0. The molecule has 0 unspecified atom stereocenters. The molecule has 0 aliphatic heterocycles. The Bertz CT molecular complexity index is 796. The zero-order valence-corrected chi connectivity index (χ0v) is 17.9. The Kier molecular flexibility index (Phi) is 10.3. The molecule has 0 spiro atoms. The van der Waals surface area contributed by atoms with E-state index in [1.807, 2.05) is 42.5 Å². The van der Waals surface area contributed by atoms with Crippen LogP contribution in [0.2, 0.25) is 0 Å². The fourth-order valence-electron chi connectivity index (χ4n) is 2.92. The van der Waals surface area contributed by atoms with Crippen molar-refractivity contribution in [2.24, 2.45) is 0 Å². The minimum absolute atomic E-state index is 0.0732. The van der Waals surface area contributed by atoms with Gasteiger partial charge in [0.05, 0.1) is 20.3 Å². The van der Waals surface area contributed by atoms with Crippen molar-refractivity contribution < 1.29 is 24.1 Å². The van der Waals surface area contributed by atoms with Crippen molar-refractivity contribution in [3.05, 3.63) is 59.7 Å². The zero-order chi connectivity index (χ0) is 21.6. The average Bonchev–Trinajstić information content (AvgIpc) is 2.76. The van der Waals surface area contributed by atoms with Crippen molar-refractivity contribution in [1.82, 2.24) is 0 Å². The van der Waals surface area contributed by atoms with Crippen LogP contribution in [-0.2, 0) is 11.2 Å². The highest BCUT2D eigenvalue weighted by molar-refractivity contribution is 5.67. The van der Waals surface area contributed by atoms with Gasteiger partial charge in [-0.1, -0.05) is 31.2 Å². The largest absolute Gasteiger partial charge is 0.497 e. The molecule has 0 aliphatic carbocycles. The smallest absolute Gasteiger partial charge is 0.303 e. The van der Waals surface area contributed by atoms with Gasteiger partial charge in [-0.05, 0) is 73.6 Å². The number of hydrogen-bond donors (Lipinski definition) is 1. The Morgan fingerprint density at radius 1 is 1.00 bits per heavy atom. The third-order valence-electron chi connectivity index (χ3n) is 4.56. The third-order valence-corrected chi connectivity index (χ3v) is 4.56. The first-order valence-electron chi connectivity index (χ1n) is 10.5. The Morgan fingerprint density at radius 3 is 2.47 bits per heavy atom. The summed E-state index contributed by atoms with van der Waals surface area (Å²) in [6.45, 7) is 3.29. The van der Waals surface area contributed by atoms with Gasteiger partial charge in [0, 0.05) is 6.42 Å². The summed E-state index contributed by atoms with van der Waals surface area (Å²) in [6, 6.07) is 13.6. The molecule has 0 bridgehead atoms. The number of ether oxygens (including phenoxy) is 3. The van der Waals surface area contributed by atoms with Gasteiger partial charge in [-0.25, -0.2) is 0 Å². The third kappa shape index (κ3) is 8.60. The lowest BCUT2D eigenvalue weighted by atomic mass is 10.1. The molecule has 2 rings (SSSR count). The van der Waals surface area contributed by atoms with Gasteiger partial charge in [0.25, 0.3) is 0 Å². The normalized spacial score (nSPS) is 10.9. The second-order valence-corrected chi connectivity index (χ2v) is 7.03. The molecule has 0 amide bonds. The van der Waals surface area contributed by atoms with Crippen LogP contribution in [0.3, 0.4) is 0 Å². The molecule has 0 atom stereocenters. The summed E-state index contributed by atoms with van der Waals surface area (Å²) in [5, 5.41) is 9.00. The molecule has 0 radical (unpaired) electrons. The fraction of sp³-hybridized carbons (Fsp3) is 0.400. The van der Waals surface area contributed by atoms with Crippen molar-refractivity contribution in [3.8, 4) is 17.2 Å². The van der Waals surface area contributed by atoms with E-state index in [4.69, 9.17) is 19.3 Å². The number of benzene rings is 2. The first kappa shape index (κ1) is 23.3. The van der Waals surface area contributed by atoms with Gasteiger partial charge in [-0.2, -0.15) is 0 Å². The number of carboxylic acids is 1. The number of unbranched alkanes of at least 4 members (excludes halogenated alkanes) is 2. The molecule has 5 nitrogen and oxygen atoms in total. The molecule has 0 aliphatic rings. The fourth-order valence-corrected chi connectivity index (χ4v) is 2.92. The molecule has 0 heterocycles. The van der Waals surface area contributed by atoms with Crippen LogP contribution in [0.15, 0.2) is 48.5 Å². The van der Waals surface area contributed by atoms with Crippen molar-refractivity contribution in [2.45, 2.75) is 45.4 Å². The predicted octanol–water partition coefficient (Wildman–Crippen LogP) is 5.76. The summed E-state index contributed by atoms with van der Waals surface area (Å²) in [6.07, 6.45) is 8.64. The minimum atomic E-state index is -0.815. The Balaban J connectivity index is 1.77. The Labute approximate surface area is 179 Å². The first-order valence-corrected chi connectivity index (χ1v) is 10.5. The summed E-state index contributed by atoms with van der Waals surface area (Å²) in [5.74, 6) is 1.54. The van der Waals surface area contributed by atoms with Gasteiger partial charge < -0.3 is 19.3 Å². The second-order valence-electron chi connectivity index (χ2n) is 7.03. The van der Waals surface area contributed by atoms with Crippen LogP contribution in [0.25, 0.3) is 6.08 Å². The molecule has 0 aromatic heterocycles. The molecule has 1 N–H and O–H groups in total. The summed E-state index contributed by atoms with van der Waals surface area (Å²) in [5.41, 5.74) is 2.03. The number of carbonyl (C=O) groups is 1. The van der Waals surface area contributed by atoms with E-state index < -0.39 is 5.97 Å². The van der Waals surface area contributed by atoms with Crippen molar-refractivity contribution in [3.63, 3.8) is 0 Å². The lowest BCUT2D eigenvalue weighted by molar-refractivity contribution is -0.136. The van der Waals surface area contributed by atoms with Gasteiger partial charge in [0.15, 0.2) is 0 Å². The molecule has 0 saturated heterocycles. The lowest BCUT2D eigenvalue weighted by Crippen LogP contribution is -2.04. The van der Waals surface area contributed by atoms with E-state index in [2.05, 4.69) is 19.1 Å². The van der Waals surface area contributed by atoms with Gasteiger partial charge in [0.2, 0.25) is 0 Å². The SMILES string of the molecule is CCCOc1ccc(OCCCCC=Cc2ccc(OC)cc2)c(CCC(=O)O)c1. The number of aliphatic carboxylic acids is 1. The van der Waals surface area contributed by atoms with Gasteiger partial charge in [0.1, 0.15) is 17.2 Å². The van der Waals surface area contributed by atoms with Crippen LogP contribution >= 0.6 is 0 Å². The molecule has 0 saturated carbocycles. The highest BCUT2D eigenvalue weighted by Gasteiger charge is 2.09. The van der Waals surface area contributed by atoms with Crippen LogP contribution in [0.5, 0.6) is 17.2 Å². The minimum Gasteiger partial charge on any atom is -0.497 e. The van der Waals surface area contributed by atoms with Crippen molar-refractivity contribution >= 4 is 12.0 Å². The van der Waals surface area contributed by atoms with E-state index in [1.165, 1.54) is 0 Å². The van der Waals surface area contributed by atoms with E-state index in [-0.39, 0.29) is 6.42 Å². The molecule has 5 heteroatoms. The average molecular weight is 413 g/mol. The molecular weight excluding hydrogens is 380 g/mol. The van der Waals surface area contributed by atoms with E-state index >= 15 is 0 Å². The van der Waals surface area contributed by atoms with Gasteiger partial charge in [-0.15, -0.1) is 0 Å². The molecule has 2 aromatic rings. The maximum Gasteiger partial charge on any atom is 0.303 e. The number of rotatable bonds is 14. The van der Waals surface area contributed by atoms with E-state index in [0.29, 0.717) is 19.6 Å². The molecule has 0 fully saturated rings. The van der Waals surface area contributed by atoms with E-state index in [9.17, 15) is 4.79 Å². The second kappa shape index (κ2) is 13.3. The zero-order valence-electron chi connectivity index (χ0n) is 17.9.